The molecule has 3 heterocycles. The van der Waals surface area contributed by atoms with Crippen molar-refractivity contribution in [2.45, 2.75) is 43.7 Å². The van der Waals surface area contributed by atoms with E-state index >= 15 is 0 Å². The van der Waals surface area contributed by atoms with Gasteiger partial charge in [0.1, 0.15) is 0 Å². The first-order valence-electron chi connectivity index (χ1n) is 8.83. The Kier molecular flexibility index (Phi) is 5.81. The Bertz CT molecular complexity index is 558. The predicted molar refractivity (Wildman–Crippen MR) is 90.8 cm³/mol. The number of carbonyl (C=O) groups is 1. The minimum atomic E-state index is -0.354. The van der Waals surface area contributed by atoms with Gasteiger partial charge in [-0.05, 0) is 44.5 Å². The van der Waals surface area contributed by atoms with E-state index in [1.54, 1.807) is 7.05 Å². The first-order chi connectivity index (χ1) is 11.7. The molecule has 132 valence electrons. The van der Waals surface area contributed by atoms with Gasteiger partial charge in [-0.15, -0.1) is 0 Å². The Morgan fingerprint density at radius 1 is 1.38 bits per heavy atom. The molecule has 3 rings (SSSR count). The summed E-state index contributed by atoms with van der Waals surface area (Å²) in [5, 5.41) is 12.6. The number of aryl methyl sites for hydroxylation is 1. The van der Waals surface area contributed by atoms with Gasteiger partial charge >= 0.3 is 0 Å². The van der Waals surface area contributed by atoms with Gasteiger partial charge in [0, 0.05) is 30.8 Å². The minimum Gasteiger partial charge on any atom is -0.389 e. The number of aliphatic hydroxyl groups is 1. The van der Waals surface area contributed by atoms with Gasteiger partial charge in [0.25, 0.3) is 0 Å². The van der Waals surface area contributed by atoms with Gasteiger partial charge in [0.05, 0.1) is 25.4 Å². The Hall–Kier alpha value is -1.50. The lowest BCUT2D eigenvalue weighted by atomic mass is 9.91. The maximum absolute atomic E-state index is 11.4. The molecule has 2 atom stereocenters. The topological polar surface area (TPSA) is 74.7 Å². The number of ether oxygens (including phenoxy) is 1. The number of hydrogen-bond donors (Lipinski definition) is 2. The standard InChI is InChI=1S/C18H27N3O3/c1-19-18(23)6-5-14-3-2-4-15(20-14)13-7-9-21(10-8-13)16-11-24-12-17(16)22/h2-4,13,16-17,22H,5-12H2,1H3,(H,19,23)/t16-,17-/m0/s1. The van der Waals surface area contributed by atoms with E-state index in [9.17, 15) is 9.90 Å². The van der Waals surface area contributed by atoms with Gasteiger partial charge < -0.3 is 15.2 Å². The highest BCUT2D eigenvalue weighted by Crippen LogP contribution is 2.29. The molecule has 2 aliphatic rings. The third-order valence-electron chi connectivity index (χ3n) is 5.15. The van der Waals surface area contributed by atoms with Crippen molar-refractivity contribution in [3.63, 3.8) is 0 Å². The lowest BCUT2D eigenvalue weighted by Crippen LogP contribution is -2.46. The number of pyridine rings is 1. The molecule has 0 unspecified atom stereocenters. The average molecular weight is 333 g/mol. The highest BCUT2D eigenvalue weighted by molar-refractivity contribution is 5.75. The van der Waals surface area contributed by atoms with Crippen LogP contribution in [0.5, 0.6) is 0 Å². The fourth-order valence-corrected chi connectivity index (χ4v) is 3.64. The average Bonchev–Trinajstić information content (AvgIpc) is 3.06. The molecule has 2 N–H and O–H groups in total. The molecule has 0 bridgehead atoms. The summed E-state index contributed by atoms with van der Waals surface area (Å²) in [6, 6.07) is 6.28. The molecule has 0 aromatic carbocycles. The summed E-state index contributed by atoms with van der Waals surface area (Å²) in [5.74, 6) is 0.508. The van der Waals surface area contributed by atoms with Gasteiger partial charge in [-0.3, -0.25) is 14.7 Å². The van der Waals surface area contributed by atoms with Crippen LogP contribution in [0, 0.1) is 0 Å². The number of aliphatic hydroxyl groups excluding tert-OH is 1. The van der Waals surface area contributed by atoms with Crippen molar-refractivity contribution in [3.05, 3.63) is 29.6 Å². The summed E-state index contributed by atoms with van der Waals surface area (Å²) in [5.41, 5.74) is 2.12. The first kappa shape index (κ1) is 17.3. The number of amides is 1. The quantitative estimate of drug-likeness (QED) is 0.830. The lowest BCUT2D eigenvalue weighted by molar-refractivity contribution is -0.120. The molecule has 6 heteroatoms. The Balaban J connectivity index is 1.55. The van der Waals surface area contributed by atoms with Gasteiger partial charge in [-0.1, -0.05) is 6.07 Å². The van der Waals surface area contributed by atoms with Crippen LogP contribution in [0.2, 0.25) is 0 Å². The molecule has 0 aliphatic carbocycles. The molecule has 2 saturated heterocycles. The highest BCUT2D eigenvalue weighted by Gasteiger charge is 2.34. The molecule has 1 amide bonds. The molecule has 2 aliphatic heterocycles. The van der Waals surface area contributed by atoms with Crippen molar-refractivity contribution >= 4 is 5.91 Å². The van der Waals surface area contributed by atoms with Crippen LogP contribution in [-0.2, 0) is 16.0 Å². The molecule has 1 aromatic heterocycles. The van der Waals surface area contributed by atoms with Crippen molar-refractivity contribution in [1.82, 2.24) is 15.2 Å². The van der Waals surface area contributed by atoms with E-state index in [1.165, 1.54) is 0 Å². The summed E-state index contributed by atoms with van der Waals surface area (Å²) in [7, 11) is 1.66. The van der Waals surface area contributed by atoms with Crippen LogP contribution < -0.4 is 5.32 Å². The number of aromatic nitrogens is 1. The largest absolute Gasteiger partial charge is 0.389 e. The number of hydrogen-bond acceptors (Lipinski definition) is 5. The van der Waals surface area contributed by atoms with E-state index in [0.717, 1.165) is 37.3 Å². The van der Waals surface area contributed by atoms with E-state index in [4.69, 9.17) is 9.72 Å². The number of nitrogens with one attached hydrogen (secondary N) is 1. The van der Waals surface area contributed by atoms with Crippen LogP contribution in [0.15, 0.2) is 18.2 Å². The summed E-state index contributed by atoms with van der Waals surface area (Å²) in [6.07, 6.45) is 2.90. The summed E-state index contributed by atoms with van der Waals surface area (Å²) in [4.78, 5) is 18.5. The summed E-state index contributed by atoms with van der Waals surface area (Å²) in [6.45, 7) is 3.04. The Labute approximate surface area is 143 Å². The number of rotatable bonds is 5. The molecule has 24 heavy (non-hydrogen) atoms. The zero-order valence-corrected chi connectivity index (χ0v) is 14.3. The monoisotopic (exact) mass is 333 g/mol. The number of piperidine rings is 1. The van der Waals surface area contributed by atoms with Gasteiger partial charge in [0.2, 0.25) is 5.91 Å². The fourth-order valence-electron chi connectivity index (χ4n) is 3.64. The van der Waals surface area contributed by atoms with Crippen molar-refractivity contribution in [2.75, 3.05) is 33.4 Å². The van der Waals surface area contributed by atoms with Crippen LogP contribution in [-0.4, -0.2) is 66.4 Å². The normalized spacial score (nSPS) is 25.8. The molecule has 0 spiro atoms. The zero-order valence-electron chi connectivity index (χ0n) is 14.3. The molecule has 1 aromatic rings. The lowest BCUT2D eigenvalue weighted by Gasteiger charge is -2.36. The van der Waals surface area contributed by atoms with E-state index in [-0.39, 0.29) is 18.1 Å². The van der Waals surface area contributed by atoms with Crippen LogP contribution in [0.1, 0.15) is 36.6 Å². The molecule has 2 fully saturated rings. The Morgan fingerprint density at radius 3 is 2.83 bits per heavy atom. The fraction of sp³-hybridized carbons (Fsp3) is 0.667. The van der Waals surface area contributed by atoms with Crippen LogP contribution in [0.25, 0.3) is 0 Å². The van der Waals surface area contributed by atoms with Crippen molar-refractivity contribution in [2.24, 2.45) is 0 Å². The first-order valence-corrected chi connectivity index (χ1v) is 8.83. The second-order valence-electron chi connectivity index (χ2n) is 6.71. The third-order valence-corrected chi connectivity index (χ3v) is 5.15. The predicted octanol–water partition coefficient (Wildman–Crippen LogP) is 0.699. The van der Waals surface area contributed by atoms with E-state index in [2.05, 4.69) is 16.3 Å². The number of likely N-dealkylation sites (tertiary alicyclic amines) is 1. The van der Waals surface area contributed by atoms with Crippen molar-refractivity contribution in [3.8, 4) is 0 Å². The highest BCUT2D eigenvalue weighted by atomic mass is 16.5. The third kappa shape index (κ3) is 4.12. The maximum Gasteiger partial charge on any atom is 0.220 e. The smallest absolute Gasteiger partial charge is 0.220 e. The van der Waals surface area contributed by atoms with Crippen LogP contribution in [0.4, 0.5) is 0 Å². The minimum absolute atomic E-state index is 0.0489. The van der Waals surface area contributed by atoms with Crippen molar-refractivity contribution in [1.29, 1.82) is 0 Å². The summed E-state index contributed by atoms with van der Waals surface area (Å²) >= 11 is 0. The molecular formula is C18H27N3O3. The molecule has 0 saturated carbocycles. The van der Waals surface area contributed by atoms with E-state index < -0.39 is 0 Å². The Morgan fingerprint density at radius 2 is 2.17 bits per heavy atom. The second kappa shape index (κ2) is 8.05. The second-order valence-corrected chi connectivity index (χ2v) is 6.71. The van der Waals surface area contributed by atoms with Gasteiger partial charge in [0.15, 0.2) is 0 Å². The maximum atomic E-state index is 11.4. The number of carbonyl (C=O) groups excluding carboxylic acids is 1. The van der Waals surface area contributed by atoms with Crippen LogP contribution >= 0.6 is 0 Å². The van der Waals surface area contributed by atoms with Crippen molar-refractivity contribution < 1.29 is 14.6 Å². The SMILES string of the molecule is CNC(=O)CCc1cccc(C2CCN([C@H]3COC[C@@H]3O)CC2)n1. The number of nitrogens with zero attached hydrogens (tertiary/aromatic N) is 2. The van der Waals surface area contributed by atoms with Crippen LogP contribution in [0.3, 0.4) is 0 Å². The summed E-state index contributed by atoms with van der Waals surface area (Å²) < 4.78 is 5.37. The van der Waals surface area contributed by atoms with E-state index in [0.29, 0.717) is 32.0 Å². The molecule has 6 nitrogen and oxygen atoms in total. The molecular weight excluding hydrogens is 306 g/mol. The van der Waals surface area contributed by atoms with Gasteiger partial charge in [-0.25, -0.2) is 0 Å². The van der Waals surface area contributed by atoms with Gasteiger partial charge in [-0.2, -0.15) is 0 Å². The zero-order chi connectivity index (χ0) is 16.9. The molecule has 0 radical (unpaired) electrons. The van der Waals surface area contributed by atoms with E-state index in [1.807, 2.05) is 12.1 Å².